The van der Waals surface area contributed by atoms with E-state index in [0.29, 0.717) is 37.4 Å². The Bertz CT molecular complexity index is 1680. The molecule has 0 radical (unpaired) electrons. The van der Waals surface area contributed by atoms with Crippen molar-refractivity contribution in [2.75, 3.05) is 19.8 Å². The van der Waals surface area contributed by atoms with Gasteiger partial charge >= 0.3 is 0 Å². The normalized spacial score (nSPS) is 26.4. The van der Waals surface area contributed by atoms with Crippen molar-refractivity contribution in [1.29, 1.82) is 0 Å². The highest BCUT2D eigenvalue weighted by molar-refractivity contribution is 5.95. The zero-order chi connectivity index (χ0) is 28.7. The number of carbonyl (C=O) groups excluding carboxylic acids is 1. The second-order valence-electron chi connectivity index (χ2n) is 11.8. The average Bonchev–Trinajstić information content (AvgIpc) is 3.44. The van der Waals surface area contributed by atoms with Crippen LogP contribution in [0.15, 0.2) is 78.5 Å². The predicted octanol–water partition coefficient (Wildman–Crippen LogP) is 4.76. The molecule has 0 aliphatic carbocycles. The van der Waals surface area contributed by atoms with Gasteiger partial charge in [0.1, 0.15) is 12.3 Å². The lowest BCUT2D eigenvalue weighted by atomic mass is 9.70. The molecule has 216 valence electrons. The quantitative estimate of drug-likeness (QED) is 0.438. The average molecular weight is 573 g/mol. The molecule has 0 saturated carbocycles. The van der Waals surface area contributed by atoms with E-state index in [1.54, 1.807) is 28.2 Å². The van der Waals surface area contributed by atoms with E-state index in [2.05, 4.69) is 0 Å². The van der Waals surface area contributed by atoms with Crippen LogP contribution in [0.5, 0.6) is 0 Å². The number of ether oxygens (including phenoxy) is 1. The molecule has 3 atom stereocenters. The number of aromatic nitrogens is 1. The Hall–Kier alpha value is -3.99. The molecule has 10 heteroatoms. The van der Waals surface area contributed by atoms with Crippen molar-refractivity contribution in [3.05, 3.63) is 101 Å². The summed E-state index contributed by atoms with van der Waals surface area (Å²) in [6.07, 6.45) is 6.25. The number of rotatable bonds is 1. The Labute approximate surface area is 241 Å². The molecule has 5 aliphatic rings. The fourth-order valence-corrected chi connectivity index (χ4v) is 7.64. The summed E-state index contributed by atoms with van der Waals surface area (Å²) in [5.74, 6) is -2.68. The molecule has 3 aromatic rings. The molecular weight excluding hydrogens is 542 g/mol. The summed E-state index contributed by atoms with van der Waals surface area (Å²) in [6.45, 7) is 1.76. The summed E-state index contributed by atoms with van der Waals surface area (Å²) in [4.78, 5) is 15.8. The van der Waals surface area contributed by atoms with Crippen molar-refractivity contribution in [1.82, 2.24) is 19.5 Å². The van der Waals surface area contributed by atoms with Gasteiger partial charge < -0.3 is 24.4 Å². The minimum Gasteiger partial charge on any atom is -0.507 e. The Balaban J connectivity index is 1.40. The van der Waals surface area contributed by atoms with Crippen LogP contribution in [0.25, 0.3) is 16.9 Å². The molecule has 1 aromatic heterocycles. The summed E-state index contributed by atoms with van der Waals surface area (Å²) in [5, 5.41) is 25.2. The number of hydrogen-bond acceptors (Lipinski definition) is 6. The first kappa shape index (κ1) is 25.7. The number of hydrazine groups is 1. The fourth-order valence-electron chi connectivity index (χ4n) is 7.64. The molecule has 2 N–H and O–H groups in total. The number of fused-ring (bicyclic) bond motifs is 7. The standard InChI is InChI=1S/C32H30F2N4O4/c33-21-8-7-20-26(27(21)34)23-6-3-13-35(23)22-5-2-1-4-19(22)28(20)38-25-18-32(11-16-42-17-12-32)10-15-36(25)31(41)29-30(40)24(39)9-14-37(29)38/h1-9,13-14,24-25,28,39-40H,10-12,15-18H2/t24?,25-,28-/m1/s1. The number of piperidine rings is 1. The van der Waals surface area contributed by atoms with Crippen LogP contribution in [0.4, 0.5) is 8.78 Å². The van der Waals surface area contributed by atoms with E-state index in [-0.39, 0.29) is 22.6 Å². The maximum Gasteiger partial charge on any atom is 0.276 e. The lowest BCUT2D eigenvalue weighted by Crippen LogP contribution is -2.67. The van der Waals surface area contributed by atoms with E-state index < -0.39 is 35.7 Å². The molecule has 5 aliphatic heterocycles. The van der Waals surface area contributed by atoms with Crippen molar-refractivity contribution >= 4 is 5.91 Å². The van der Waals surface area contributed by atoms with Gasteiger partial charge in [0.25, 0.3) is 5.91 Å². The second kappa shape index (κ2) is 9.26. The fraction of sp³-hybridized carbons (Fsp3) is 0.344. The molecular formula is C32H30F2N4O4. The Morgan fingerprint density at radius 3 is 2.62 bits per heavy atom. The minimum atomic E-state index is -1.33. The topological polar surface area (TPSA) is 81.4 Å². The Morgan fingerprint density at radius 1 is 0.976 bits per heavy atom. The highest BCUT2D eigenvalue weighted by atomic mass is 19.2. The van der Waals surface area contributed by atoms with E-state index in [1.807, 2.05) is 46.1 Å². The van der Waals surface area contributed by atoms with E-state index >= 15 is 4.39 Å². The largest absolute Gasteiger partial charge is 0.507 e. The van der Waals surface area contributed by atoms with Crippen LogP contribution in [-0.2, 0) is 9.53 Å². The molecule has 3 saturated heterocycles. The van der Waals surface area contributed by atoms with E-state index in [9.17, 15) is 19.4 Å². The summed E-state index contributed by atoms with van der Waals surface area (Å²) in [5.41, 5.74) is 2.76. The van der Waals surface area contributed by atoms with Gasteiger partial charge in [-0.05, 0) is 72.6 Å². The van der Waals surface area contributed by atoms with Gasteiger partial charge in [-0.1, -0.05) is 24.3 Å². The molecule has 0 bridgehead atoms. The second-order valence-corrected chi connectivity index (χ2v) is 11.8. The maximum absolute atomic E-state index is 15.9. The number of halogens is 2. The number of amides is 1. The molecule has 42 heavy (non-hydrogen) atoms. The third-order valence-corrected chi connectivity index (χ3v) is 9.77. The molecule has 2 aromatic carbocycles. The van der Waals surface area contributed by atoms with Gasteiger partial charge in [0, 0.05) is 37.7 Å². The van der Waals surface area contributed by atoms with Gasteiger partial charge in [0.2, 0.25) is 0 Å². The molecule has 8 nitrogen and oxygen atoms in total. The van der Waals surface area contributed by atoms with Crippen molar-refractivity contribution < 1.29 is 28.5 Å². The smallest absolute Gasteiger partial charge is 0.276 e. The van der Waals surface area contributed by atoms with Crippen molar-refractivity contribution in [2.45, 2.75) is 44.0 Å². The summed E-state index contributed by atoms with van der Waals surface area (Å²) in [7, 11) is 0. The number of nitrogens with zero attached hydrogens (tertiary/aromatic N) is 4. The summed E-state index contributed by atoms with van der Waals surface area (Å²) >= 11 is 0. The third kappa shape index (κ3) is 3.52. The first-order valence-corrected chi connectivity index (χ1v) is 14.4. The van der Waals surface area contributed by atoms with Gasteiger partial charge in [-0.15, -0.1) is 0 Å². The van der Waals surface area contributed by atoms with Gasteiger partial charge in [0.05, 0.1) is 17.4 Å². The van der Waals surface area contributed by atoms with Gasteiger partial charge in [-0.3, -0.25) is 9.80 Å². The molecule has 1 spiro atoms. The molecule has 1 unspecified atom stereocenters. The Morgan fingerprint density at radius 2 is 1.79 bits per heavy atom. The monoisotopic (exact) mass is 572 g/mol. The number of para-hydroxylation sites is 1. The van der Waals surface area contributed by atoms with Crippen LogP contribution >= 0.6 is 0 Å². The van der Waals surface area contributed by atoms with Crippen molar-refractivity contribution in [3.63, 3.8) is 0 Å². The number of carbonyl (C=O) groups is 1. The van der Waals surface area contributed by atoms with E-state index in [1.165, 1.54) is 6.08 Å². The van der Waals surface area contributed by atoms with Crippen LogP contribution in [-0.4, -0.2) is 67.6 Å². The lowest BCUT2D eigenvalue weighted by molar-refractivity contribution is -0.186. The van der Waals surface area contributed by atoms with Crippen LogP contribution in [0.3, 0.4) is 0 Å². The lowest BCUT2D eigenvalue weighted by Gasteiger charge is -2.59. The molecule has 6 heterocycles. The van der Waals surface area contributed by atoms with Crippen molar-refractivity contribution in [3.8, 4) is 16.9 Å². The summed E-state index contributed by atoms with van der Waals surface area (Å²) < 4.78 is 38.4. The first-order chi connectivity index (χ1) is 20.4. The van der Waals surface area contributed by atoms with E-state index in [0.717, 1.165) is 36.6 Å². The van der Waals surface area contributed by atoms with Gasteiger partial charge in [-0.25, -0.2) is 8.78 Å². The number of hydrogen-bond donors (Lipinski definition) is 2. The zero-order valence-electron chi connectivity index (χ0n) is 22.8. The van der Waals surface area contributed by atoms with Crippen LogP contribution < -0.4 is 0 Å². The van der Waals surface area contributed by atoms with Crippen LogP contribution in [0.2, 0.25) is 0 Å². The van der Waals surface area contributed by atoms with Gasteiger partial charge in [0.15, 0.2) is 23.1 Å². The number of benzene rings is 2. The molecule has 3 fully saturated rings. The number of aliphatic hydroxyl groups excluding tert-OH is 2. The van der Waals surface area contributed by atoms with Crippen LogP contribution in [0, 0.1) is 17.0 Å². The SMILES string of the molecule is O=C1C2=C(O)C(O)C=CN2N([C@@H]2c3ccccc3-n3cccc3-c3c2ccc(F)c3F)[C@@H]2CC3(CCOCC3)CCN12. The first-order valence-electron chi connectivity index (χ1n) is 14.4. The van der Waals surface area contributed by atoms with Gasteiger partial charge in [-0.2, -0.15) is 5.01 Å². The van der Waals surface area contributed by atoms with Crippen molar-refractivity contribution in [2.24, 2.45) is 5.41 Å². The van der Waals surface area contributed by atoms with E-state index in [4.69, 9.17) is 4.74 Å². The highest BCUT2D eigenvalue weighted by Gasteiger charge is 2.54. The molecule has 1 amide bonds. The Kier molecular flexibility index (Phi) is 5.66. The highest BCUT2D eigenvalue weighted by Crippen LogP contribution is 2.52. The maximum atomic E-state index is 15.9. The third-order valence-electron chi connectivity index (χ3n) is 9.77. The molecule has 8 rings (SSSR count). The minimum absolute atomic E-state index is 0.0327. The number of aliphatic hydroxyl groups is 2. The summed E-state index contributed by atoms with van der Waals surface area (Å²) in [6, 6.07) is 13.4. The van der Waals surface area contributed by atoms with Crippen LogP contribution in [0.1, 0.15) is 42.9 Å². The predicted molar refractivity (Wildman–Crippen MR) is 149 cm³/mol. The zero-order valence-corrected chi connectivity index (χ0v) is 22.8.